The Hall–Kier alpha value is -3.72. The number of rotatable bonds is 6. The van der Waals surface area contributed by atoms with Crippen LogP contribution in [0.3, 0.4) is 0 Å². The molecule has 162 valence electrons. The minimum absolute atomic E-state index is 0.0492. The van der Waals surface area contributed by atoms with Crippen LogP contribution in [0, 0.1) is 5.82 Å². The lowest BCUT2D eigenvalue weighted by atomic mass is 10.1. The summed E-state index contributed by atoms with van der Waals surface area (Å²) in [7, 11) is 0. The average molecular weight is 452 g/mol. The molecule has 0 atom stereocenters. The maximum atomic E-state index is 14.3. The first-order valence-electron chi connectivity index (χ1n) is 10.1. The SMILES string of the molecule is O=C1NCCN1CCn1cc2nccc(Nc3ccnc(-c4cc(Cl)ccc4F)c3)c2n1. The molecular weight excluding hydrogens is 433 g/mol. The molecule has 0 unspecified atom stereocenters. The summed E-state index contributed by atoms with van der Waals surface area (Å²) in [5, 5.41) is 11.2. The van der Waals surface area contributed by atoms with Crippen molar-refractivity contribution in [2.45, 2.75) is 6.54 Å². The number of nitrogens with one attached hydrogen (secondary N) is 2. The van der Waals surface area contributed by atoms with Crippen molar-refractivity contribution in [2.24, 2.45) is 0 Å². The quantitative estimate of drug-likeness (QED) is 0.461. The molecule has 8 nitrogen and oxygen atoms in total. The second-order valence-electron chi connectivity index (χ2n) is 7.38. The highest BCUT2D eigenvalue weighted by molar-refractivity contribution is 6.30. The maximum absolute atomic E-state index is 14.3. The predicted octanol–water partition coefficient (Wildman–Crippen LogP) is 4.05. The number of carbonyl (C=O) groups excluding carboxylic acids is 1. The third-order valence-electron chi connectivity index (χ3n) is 5.24. The van der Waals surface area contributed by atoms with Crippen molar-refractivity contribution in [3.8, 4) is 11.3 Å². The highest BCUT2D eigenvalue weighted by Gasteiger charge is 2.19. The van der Waals surface area contributed by atoms with Crippen LogP contribution in [-0.4, -0.2) is 50.3 Å². The largest absolute Gasteiger partial charge is 0.353 e. The van der Waals surface area contributed by atoms with Crippen molar-refractivity contribution >= 4 is 40.0 Å². The molecule has 1 aromatic carbocycles. The number of carbonyl (C=O) groups is 1. The normalized spacial score (nSPS) is 13.6. The first kappa shape index (κ1) is 20.2. The summed E-state index contributed by atoms with van der Waals surface area (Å²) in [5.74, 6) is -0.393. The summed E-state index contributed by atoms with van der Waals surface area (Å²) >= 11 is 6.03. The van der Waals surface area contributed by atoms with E-state index in [-0.39, 0.29) is 6.03 Å². The first-order valence-corrected chi connectivity index (χ1v) is 10.5. The van der Waals surface area contributed by atoms with E-state index >= 15 is 0 Å². The molecule has 4 aromatic rings. The number of pyridine rings is 2. The number of fused-ring (bicyclic) bond motifs is 1. The Morgan fingerprint density at radius 3 is 2.84 bits per heavy atom. The van der Waals surface area contributed by atoms with Crippen molar-refractivity contribution in [1.82, 2.24) is 30.0 Å². The van der Waals surface area contributed by atoms with Gasteiger partial charge in [0.25, 0.3) is 0 Å². The van der Waals surface area contributed by atoms with Crippen molar-refractivity contribution in [3.63, 3.8) is 0 Å². The van der Waals surface area contributed by atoms with Gasteiger partial charge < -0.3 is 15.5 Å². The Bertz CT molecular complexity index is 1310. The van der Waals surface area contributed by atoms with Crippen molar-refractivity contribution in [3.05, 3.63) is 65.8 Å². The number of amides is 2. The molecule has 0 spiro atoms. The molecule has 3 aromatic heterocycles. The van der Waals surface area contributed by atoms with E-state index in [2.05, 4.69) is 25.7 Å². The number of halogens is 2. The highest BCUT2D eigenvalue weighted by atomic mass is 35.5. The molecule has 0 radical (unpaired) electrons. The number of hydrogen-bond acceptors (Lipinski definition) is 5. The molecule has 1 aliphatic heterocycles. The van der Waals surface area contributed by atoms with E-state index in [1.54, 1.807) is 40.2 Å². The van der Waals surface area contributed by atoms with Gasteiger partial charge in [0, 0.05) is 48.3 Å². The van der Waals surface area contributed by atoms with Crippen LogP contribution in [0.2, 0.25) is 5.02 Å². The van der Waals surface area contributed by atoms with E-state index in [0.717, 1.165) is 16.9 Å². The van der Waals surface area contributed by atoms with Crippen LogP contribution in [0.5, 0.6) is 0 Å². The zero-order chi connectivity index (χ0) is 22.1. The molecular formula is C22H19ClFN7O. The molecule has 5 rings (SSSR count). The van der Waals surface area contributed by atoms with Crippen LogP contribution in [0.15, 0.2) is 55.0 Å². The Morgan fingerprint density at radius 2 is 2.00 bits per heavy atom. The van der Waals surface area contributed by atoms with Gasteiger partial charge in [-0.2, -0.15) is 5.10 Å². The molecule has 2 N–H and O–H groups in total. The van der Waals surface area contributed by atoms with E-state index in [9.17, 15) is 9.18 Å². The first-order chi connectivity index (χ1) is 15.6. The van der Waals surface area contributed by atoms with Crippen LogP contribution in [-0.2, 0) is 6.54 Å². The summed E-state index contributed by atoms with van der Waals surface area (Å²) < 4.78 is 16.1. The maximum Gasteiger partial charge on any atom is 0.317 e. The number of hydrogen-bond donors (Lipinski definition) is 2. The molecule has 1 saturated heterocycles. The minimum Gasteiger partial charge on any atom is -0.353 e. The van der Waals surface area contributed by atoms with Gasteiger partial charge in [-0.3, -0.25) is 14.6 Å². The van der Waals surface area contributed by atoms with Crippen LogP contribution < -0.4 is 10.6 Å². The van der Waals surface area contributed by atoms with Gasteiger partial charge in [-0.05, 0) is 36.4 Å². The number of urea groups is 1. The van der Waals surface area contributed by atoms with Crippen LogP contribution in [0.4, 0.5) is 20.6 Å². The van der Waals surface area contributed by atoms with Crippen LogP contribution in [0.25, 0.3) is 22.3 Å². The van der Waals surface area contributed by atoms with E-state index in [1.165, 1.54) is 12.1 Å². The lowest BCUT2D eigenvalue weighted by Crippen LogP contribution is -2.31. The number of benzene rings is 1. The molecule has 2 amide bonds. The zero-order valence-corrected chi connectivity index (χ0v) is 17.7. The monoisotopic (exact) mass is 451 g/mol. The van der Waals surface area contributed by atoms with Gasteiger partial charge in [0.15, 0.2) is 0 Å². The Balaban J connectivity index is 1.39. The predicted molar refractivity (Wildman–Crippen MR) is 120 cm³/mol. The molecule has 1 fully saturated rings. The topological polar surface area (TPSA) is 88.0 Å². The third kappa shape index (κ3) is 4.06. The fourth-order valence-corrected chi connectivity index (χ4v) is 3.81. The molecule has 0 aliphatic carbocycles. The standard InChI is InChI=1S/C22H19ClFN7O/c23-14-1-2-17(24)16(11-14)19-12-15(3-5-25-19)28-18-4-6-26-20-13-31(29-21(18)20)10-9-30-8-7-27-22(30)32/h1-6,11-13H,7-10H2,(H,25,28)(H,27,32). The zero-order valence-electron chi connectivity index (χ0n) is 16.9. The van der Waals surface area contributed by atoms with Gasteiger partial charge in [-0.1, -0.05) is 11.6 Å². The minimum atomic E-state index is -0.393. The molecule has 10 heteroatoms. The lowest BCUT2D eigenvalue weighted by molar-refractivity contribution is 0.215. The van der Waals surface area contributed by atoms with Crippen molar-refractivity contribution in [1.29, 1.82) is 0 Å². The summed E-state index contributed by atoms with van der Waals surface area (Å²) in [6.07, 6.45) is 5.16. The van der Waals surface area contributed by atoms with Crippen LogP contribution >= 0.6 is 11.6 Å². The van der Waals surface area contributed by atoms with Crippen molar-refractivity contribution < 1.29 is 9.18 Å². The summed E-state index contributed by atoms with van der Waals surface area (Å²) in [4.78, 5) is 22.2. The van der Waals surface area contributed by atoms with E-state index in [0.29, 0.717) is 48.0 Å². The second kappa shape index (κ2) is 8.43. The number of nitrogens with zero attached hydrogens (tertiary/aromatic N) is 5. The van der Waals surface area contributed by atoms with E-state index in [4.69, 9.17) is 11.6 Å². The van der Waals surface area contributed by atoms with Crippen LogP contribution in [0.1, 0.15) is 0 Å². The number of anilines is 2. The van der Waals surface area contributed by atoms with E-state index in [1.807, 2.05) is 12.3 Å². The fourth-order valence-electron chi connectivity index (χ4n) is 3.64. The van der Waals surface area contributed by atoms with Gasteiger partial charge in [0.1, 0.15) is 16.9 Å². The third-order valence-corrected chi connectivity index (χ3v) is 5.47. The molecule has 32 heavy (non-hydrogen) atoms. The average Bonchev–Trinajstić information content (AvgIpc) is 3.40. The highest BCUT2D eigenvalue weighted by Crippen LogP contribution is 2.29. The molecule has 0 saturated carbocycles. The summed E-state index contributed by atoms with van der Waals surface area (Å²) in [6.45, 7) is 2.50. The molecule has 4 heterocycles. The smallest absolute Gasteiger partial charge is 0.317 e. The molecule has 1 aliphatic rings. The second-order valence-corrected chi connectivity index (χ2v) is 7.82. The van der Waals surface area contributed by atoms with E-state index < -0.39 is 5.82 Å². The summed E-state index contributed by atoms with van der Waals surface area (Å²) in [6, 6.07) is 9.70. The Morgan fingerprint density at radius 1 is 1.12 bits per heavy atom. The summed E-state index contributed by atoms with van der Waals surface area (Å²) in [5.41, 5.74) is 3.72. The van der Waals surface area contributed by atoms with Gasteiger partial charge in [-0.25, -0.2) is 9.18 Å². The van der Waals surface area contributed by atoms with Gasteiger partial charge in [-0.15, -0.1) is 0 Å². The fraction of sp³-hybridized carbons (Fsp3) is 0.182. The Labute approximate surface area is 188 Å². The van der Waals surface area contributed by atoms with Gasteiger partial charge in [0.2, 0.25) is 0 Å². The van der Waals surface area contributed by atoms with Gasteiger partial charge in [0.05, 0.1) is 24.1 Å². The van der Waals surface area contributed by atoms with Gasteiger partial charge >= 0.3 is 6.03 Å². The van der Waals surface area contributed by atoms with Crippen molar-refractivity contribution in [2.75, 3.05) is 25.0 Å². The molecule has 0 bridgehead atoms. The lowest BCUT2D eigenvalue weighted by Gasteiger charge is -2.13. The number of aromatic nitrogens is 4. The Kier molecular flexibility index (Phi) is 5.32.